The molecule has 3 aromatic heterocycles. The third kappa shape index (κ3) is 5.86. The second-order valence-electron chi connectivity index (χ2n) is 12.1. The van der Waals surface area contributed by atoms with E-state index in [1.807, 2.05) is 36.4 Å². The molecule has 1 saturated heterocycles. The van der Waals surface area contributed by atoms with E-state index in [1.54, 1.807) is 12.3 Å². The number of nitriles is 1. The van der Waals surface area contributed by atoms with Crippen LogP contribution in [-0.2, 0) is 5.41 Å². The number of hydrogen-bond donors (Lipinski definition) is 2. The summed E-state index contributed by atoms with van der Waals surface area (Å²) in [5, 5.41) is 13.7. The van der Waals surface area contributed by atoms with Gasteiger partial charge in [0.2, 0.25) is 0 Å². The van der Waals surface area contributed by atoms with Gasteiger partial charge in [0.1, 0.15) is 16.7 Å². The number of carbonyl (C=O) groups excluding carboxylic acids is 1. The zero-order chi connectivity index (χ0) is 27.8. The molecule has 202 valence electrons. The highest BCUT2D eigenvalue weighted by molar-refractivity contribution is 7.97. The minimum absolute atomic E-state index is 0.110. The van der Waals surface area contributed by atoms with Gasteiger partial charge in [-0.1, -0.05) is 26.8 Å². The maximum atomic E-state index is 13.5. The van der Waals surface area contributed by atoms with E-state index >= 15 is 0 Å². The molecule has 0 spiro atoms. The van der Waals surface area contributed by atoms with Gasteiger partial charge >= 0.3 is 0 Å². The SMILES string of the molecule is CC(C)(C)c1ccc2c(n1)N1CC(CCC(c3cc(C#N)ccn3)Nc3cccc(n3)SNC2=O)CC1(C)C. The molecule has 39 heavy (non-hydrogen) atoms. The number of nitrogens with one attached hydrogen (secondary N) is 2. The Morgan fingerprint density at radius 1 is 1.13 bits per heavy atom. The number of pyridine rings is 3. The maximum Gasteiger partial charge on any atom is 0.265 e. The van der Waals surface area contributed by atoms with Crippen molar-refractivity contribution in [1.29, 1.82) is 5.26 Å². The van der Waals surface area contributed by atoms with E-state index in [0.717, 1.165) is 43.0 Å². The summed E-state index contributed by atoms with van der Waals surface area (Å²) in [6.07, 6.45) is 4.45. The number of aromatic nitrogens is 3. The number of anilines is 2. The van der Waals surface area contributed by atoms with Crippen LogP contribution in [-0.4, -0.2) is 32.9 Å². The average molecular weight is 542 g/mol. The maximum absolute atomic E-state index is 13.5. The molecular formula is C30H35N7OS. The van der Waals surface area contributed by atoms with Crippen LogP contribution in [0.25, 0.3) is 0 Å². The second kappa shape index (κ2) is 10.5. The van der Waals surface area contributed by atoms with Crippen molar-refractivity contribution in [1.82, 2.24) is 19.7 Å². The van der Waals surface area contributed by atoms with Crippen molar-refractivity contribution in [2.24, 2.45) is 5.92 Å². The Morgan fingerprint density at radius 2 is 1.95 bits per heavy atom. The van der Waals surface area contributed by atoms with Gasteiger partial charge in [0.25, 0.3) is 5.91 Å². The molecule has 2 N–H and O–H groups in total. The second-order valence-corrected chi connectivity index (χ2v) is 12.9. The molecule has 3 aromatic rings. The minimum atomic E-state index is -0.187. The first-order valence-electron chi connectivity index (χ1n) is 13.4. The molecule has 1 fully saturated rings. The Morgan fingerprint density at radius 3 is 2.72 bits per heavy atom. The molecule has 4 bridgehead atoms. The monoisotopic (exact) mass is 541 g/mol. The fourth-order valence-electron chi connectivity index (χ4n) is 5.49. The van der Waals surface area contributed by atoms with Crippen LogP contribution in [0.3, 0.4) is 0 Å². The average Bonchev–Trinajstić information content (AvgIpc) is 3.22. The van der Waals surface area contributed by atoms with E-state index in [2.05, 4.69) is 60.6 Å². The minimum Gasteiger partial charge on any atom is -0.362 e. The van der Waals surface area contributed by atoms with Crippen molar-refractivity contribution in [3.05, 3.63) is 71.2 Å². The van der Waals surface area contributed by atoms with Crippen LogP contribution in [0.15, 0.2) is 53.7 Å². The molecule has 5 rings (SSSR count). The molecular weight excluding hydrogens is 506 g/mol. The van der Waals surface area contributed by atoms with Gasteiger partial charge in [0.05, 0.1) is 28.9 Å². The van der Waals surface area contributed by atoms with Gasteiger partial charge in [-0.05, 0) is 75.4 Å². The first-order valence-corrected chi connectivity index (χ1v) is 14.2. The number of amides is 1. The lowest BCUT2D eigenvalue weighted by Crippen LogP contribution is -2.40. The van der Waals surface area contributed by atoms with Crippen LogP contribution < -0.4 is 14.9 Å². The summed E-state index contributed by atoms with van der Waals surface area (Å²) in [6, 6.07) is 15.3. The third-order valence-corrected chi connectivity index (χ3v) is 8.25. The quantitative estimate of drug-likeness (QED) is 0.360. The van der Waals surface area contributed by atoms with Gasteiger partial charge in [-0.15, -0.1) is 0 Å². The Bertz CT molecular complexity index is 1430. The molecule has 0 radical (unpaired) electrons. The molecule has 0 aromatic carbocycles. The summed E-state index contributed by atoms with van der Waals surface area (Å²) in [5.74, 6) is 1.65. The molecule has 8 nitrogen and oxygen atoms in total. The largest absolute Gasteiger partial charge is 0.362 e. The van der Waals surface area contributed by atoms with Gasteiger partial charge in [0, 0.05) is 41.3 Å². The van der Waals surface area contributed by atoms with Crippen molar-refractivity contribution in [3.63, 3.8) is 0 Å². The van der Waals surface area contributed by atoms with Gasteiger partial charge in [-0.2, -0.15) is 5.26 Å². The Hall–Kier alpha value is -3.64. The molecule has 0 saturated carbocycles. The number of carbonyl (C=O) groups is 1. The number of fused-ring (bicyclic) bond motifs is 6. The zero-order valence-corrected chi connectivity index (χ0v) is 24.0. The van der Waals surface area contributed by atoms with Gasteiger partial charge in [-0.3, -0.25) is 14.5 Å². The summed E-state index contributed by atoms with van der Waals surface area (Å²) in [5.41, 5.74) is 2.63. The van der Waals surface area contributed by atoms with E-state index in [1.165, 1.54) is 11.9 Å². The number of rotatable bonds is 1. The predicted octanol–water partition coefficient (Wildman–Crippen LogP) is 6.03. The van der Waals surface area contributed by atoms with Crippen molar-refractivity contribution in [3.8, 4) is 6.07 Å². The molecule has 9 heteroatoms. The summed E-state index contributed by atoms with van der Waals surface area (Å²) < 4.78 is 2.99. The van der Waals surface area contributed by atoms with E-state index in [9.17, 15) is 10.1 Å². The van der Waals surface area contributed by atoms with Gasteiger partial charge in [-0.25, -0.2) is 9.97 Å². The number of hydrogen-bond acceptors (Lipinski definition) is 8. The fraction of sp³-hybridized carbons (Fsp3) is 0.433. The smallest absolute Gasteiger partial charge is 0.265 e. The van der Waals surface area contributed by atoms with Crippen molar-refractivity contribution >= 4 is 29.5 Å². The summed E-state index contributed by atoms with van der Waals surface area (Å²) in [6.45, 7) is 11.7. The molecule has 2 atom stereocenters. The fourth-order valence-corrected chi connectivity index (χ4v) is 6.09. The van der Waals surface area contributed by atoms with E-state index in [0.29, 0.717) is 27.9 Å². The first kappa shape index (κ1) is 26.9. The standard InChI is InChI=1S/C30H35N7OS/c1-29(2,3)24-12-10-21-27(34-24)37-18-20(16-30(37,4)5)9-11-22(23-15-19(17-31)13-14-32-23)33-25-7-6-8-26(35-25)39-36-28(21)38/h6-8,10,12-15,20,22H,9,11,16,18H2,1-5H3,(H,33,35)(H,36,38). The van der Waals surface area contributed by atoms with Crippen LogP contribution >= 0.6 is 11.9 Å². The molecule has 1 amide bonds. The molecule has 0 aliphatic carbocycles. The number of nitrogens with zero attached hydrogens (tertiary/aromatic N) is 5. The van der Waals surface area contributed by atoms with Crippen molar-refractivity contribution in [2.75, 3.05) is 16.8 Å². The molecule has 5 heterocycles. The zero-order valence-electron chi connectivity index (χ0n) is 23.2. The highest BCUT2D eigenvalue weighted by atomic mass is 32.2. The van der Waals surface area contributed by atoms with Crippen LogP contribution in [0.4, 0.5) is 11.6 Å². The lowest BCUT2D eigenvalue weighted by molar-refractivity contribution is 0.0984. The van der Waals surface area contributed by atoms with E-state index < -0.39 is 0 Å². The van der Waals surface area contributed by atoms with Gasteiger partial charge < -0.3 is 10.2 Å². The Kier molecular flexibility index (Phi) is 7.25. The summed E-state index contributed by atoms with van der Waals surface area (Å²) in [4.78, 5) is 30.3. The lowest BCUT2D eigenvalue weighted by atomic mass is 9.90. The van der Waals surface area contributed by atoms with E-state index in [-0.39, 0.29) is 22.9 Å². The van der Waals surface area contributed by atoms with Gasteiger partial charge in [0.15, 0.2) is 0 Å². The third-order valence-electron chi connectivity index (χ3n) is 7.53. The van der Waals surface area contributed by atoms with Crippen molar-refractivity contribution < 1.29 is 4.79 Å². The normalized spacial score (nSPS) is 21.0. The van der Waals surface area contributed by atoms with Crippen LogP contribution in [0.1, 0.15) is 87.2 Å². The Labute approximate surface area is 234 Å². The van der Waals surface area contributed by atoms with Crippen LogP contribution in [0.5, 0.6) is 0 Å². The topological polar surface area (TPSA) is 107 Å². The molecule has 2 aliphatic rings. The Balaban J connectivity index is 1.56. The lowest BCUT2D eigenvalue weighted by Gasteiger charge is -2.34. The first-order chi connectivity index (χ1) is 18.5. The van der Waals surface area contributed by atoms with Crippen molar-refractivity contribution in [2.45, 2.75) is 75.9 Å². The van der Waals surface area contributed by atoms with Crippen LogP contribution in [0, 0.1) is 17.2 Å². The molecule has 2 aliphatic heterocycles. The van der Waals surface area contributed by atoms with Crippen LogP contribution in [0.2, 0.25) is 0 Å². The predicted molar refractivity (Wildman–Crippen MR) is 155 cm³/mol. The van der Waals surface area contributed by atoms with E-state index in [4.69, 9.17) is 9.97 Å². The highest BCUT2D eigenvalue weighted by Crippen LogP contribution is 2.41. The molecule has 2 unspecified atom stereocenters. The summed E-state index contributed by atoms with van der Waals surface area (Å²) >= 11 is 1.19. The summed E-state index contributed by atoms with van der Waals surface area (Å²) in [7, 11) is 0. The highest BCUT2D eigenvalue weighted by Gasteiger charge is 2.41.